The predicted octanol–water partition coefficient (Wildman–Crippen LogP) is 2.74. The maximum absolute atomic E-state index is 11.0. The number of rotatable bonds is 6. The summed E-state index contributed by atoms with van der Waals surface area (Å²) in [5.74, 6) is 0.598. The standard InChI is InChI=1S/C13H16N2O2/c1-4-7-10(8-5-2)13-14-9-11(15-13)17-12(16)6-3/h4-6,8-10H,1,3,7H2,2H3,(H,14,15). The zero-order valence-electron chi connectivity index (χ0n) is 9.85. The molecular formula is C13H16N2O2. The highest BCUT2D eigenvalue weighted by molar-refractivity contribution is 5.83. The van der Waals surface area contributed by atoms with Crippen molar-refractivity contribution in [2.45, 2.75) is 19.3 Å². The lowest BCUT2D eigenvalue weighted by Crippen LogP contribution is -2.03. The van der Waals surface area contributed by atoms with Crippen LogP contribution in [0, 0.1) is 0 Å². The van der Waals surface area contributed by atoms with Crippen LogP contribution < -0.4 is 4.74 Å². The van der Waals surface area contributed by atoms with Crippen LogP contribution in [-0.2, 0) is 4.79 Å². The lowest BCUT2D eigenvalue weighted by Gasteiger charge is -2.05. The molecule has 17 heavy (non-hydrogen) atoms. The molecule has 90 valence electrons. The van der Waals surface area contributed by atoms with E-state index < -0.39 is 5.97 Å². The summed E-state index contributed by atoms with van der Waals surface area (Å²) in [4.78, 5) is 18.2. The van der Waals surface area contributed by atoms with Gasteiger partial charge in [0, 0.05) is 12.0 Å². The second-order valence-electron chi connectivity index (χ2n) is 3.41. The van der Waals surface area contributed by atoms with Gasteiger partial charge in [0.2, 0.25) is 5.88 Å². The Morgan fingerprint density at radius 3 is 3.00 bits per heavy atom. The van der Waals surface area contributed by atoms with E-state index in [0.717, 1.165) is 18.3 Å². The first-order valence-electron chi connectivity index (χ1n) is 5.34. The van der Waals surface area contributed by atoms with E-state index in [1.165, 1.54) is 0 Å². The third kappa shape index (κ3) is 3.75. The van der Waals surface area contributed by atoms with E-state index in [9.17, 15) is 4.79 Å². The summed E-state index contributed by atoms with van der Waals surface area (Å²) in [5, 5.41) is 0. The van der Waals surface area contributed by atoms with Crippen LogP contribution in [0.4, 0.5) is 0 Å². The van der Waals surface area contributed by atoms with Gasteiger partial charge in [-0.1, -0.05) is 24.8 Å². The Morgan fingerprint density at radius 2 is 2.41 bits per heavy atom. The average Bonchev–Trinajstić information content (AvgIpc) is 2.77. The summed E-state index contributed by atoms with van der Waals surface area (Å²) in [5.41, 5.74) is 0. The molecule has 0 aromatic carbocycles. The number of hydrogen-bond donors (Lipinski definition) is 1. The fraction of sp³-hybridized carbons (Fsp3) is 0.231. The first-order valence-corrected chi connectivity index (χ1v) is 5.34. The highest BCUT2D eigenvalue weighted by Gasteiger charge is 2.12. The molecule has 1 N–H and O–H groups in total. The molecule has 0 aliphatic carbocycles. The molecule has 1 heterocycles. The minimum Gasteiger partial charge on any atom is -0.403 e. The number of aromatic nitrogens is 2. The molecule has 1 aromatic heterocycles. The Bertz CT molecular complexity index is 432. The smallest absolute Gasteiger partial charge is 0.336 e. The van der Waals surface area contributed by atoms with Gasteiger partial charge in [-0.05, 0) is 13.3 Å². The van der Waals surface area contributed by atoms with Crippen LogP contribution in [0.25, 0.3) is 0 Å². The predicted molar refractivity (Wildman–Crippen MR) is 66.8 cm³/mol. The number of allylic oxidation sites excluding steroid dienone is 3. The van der Waals surface area contributed by atoms with E-state index in [1.807, 2.05) is 25.2 Å². The molecule has 0 saturated carbocycles. The fourth-order valence-corrected chi connectivity index (χ4v) is 1.40. The second-order valence-corrected chi connectivity index (χ2v) is 3.41. The van der Waals surface area contributed by atoms with Crippen molar-refractivity contribution < 1.29 is 9.53 Å². The van der Waals surface area contributed by atoms with Crippen LogP contribution in [0.1, 0.15) is 25.1 Å². The first-order chi connectivity index (χ1) is 8.21. The number of aromatic amines is 1. The number of hydrogen-bond acceptors (Lipinski definition) is 3. The monoisotopic (exact) mass is 232 g/mol. The SMILES string of the molecule is C=CCC(C=CC)c1nc(OC(=O)C=C)c[nH]1. The fourth-order valence-electron chi connectivity index (χ4n) is 1.40. The average molecular weight is 232 g/mol. The van der Waals surface area contributed by atoms with Crippen LogP contribution in [0.15, 0.2) is 43.7 Å². The summed E-state index contributed by atoms with van der Waals surface area (Å²) in [6.45, 7) is 8.97. The number of carbonyl (C=O) groups excluding carboxylic acids is 1. The molecule has 0 bridgehead atoms. The van der Waals surface area contributed by atoms with E-state index in [2.05, 4.69) is 23.1 Å². The van der Waals surface area contributed by atoms with E-state index in [1.54, 1.807) is 6.20 Å². The van der Waals surface area contributed by atoms with Crippen LogP contribution >= 0.6 is 0 Å². The quantitative estimate of drug-likeness (QED) is 0.466. The first kappa shape index (κ1) is 13.0. The number of H-pyrrole nitrogens is 1. The van der Waals surface area contributed by atoms with Crippen molar-refractivity contribution >= 4 is 5.97 Å². The third-order valence-corrected chi connectivity index (χ3v) is 2.14. The lowest BCUT2D eigenvalue weighted by molar-refractivity contribution is -0.129. The van der Waals surface area contributed by atoms with Gasteiger partial charge in [-0.15, -0.1) is 6.58 Å². The topological polar surface area (TPSA) is 55.0 Å². The maximum atomic E-state index is 11.0. The highest BCUT2D eigenvalue weighted by Crippen LogP contribution is 2.21. The maximum Gasteiger partial charge on any atom is 0.336 e. The third-order valence-electron chi connectivity index (χ3n) is 2.14. The molecule has 0 aliphatic heterocycles. The minimum atomic E-state index is -0.519. The molecule has 0 amide bonds. The van der Waals surface area contributed by atoms with Crippen LogP contribution in [0.2, 0.25) is 0 Å². The molecule has 4 heteroatoms. The molecule has 1 atom stereocenters. The van der Waals surface area contributed by atoms with E-state index in [4.69, 9.17) is 4.74 Å². The number of esters is 1. The summed E-state index contributed by atoms with van der Waals surface area (Å²) in [6, 6.07) is 0. The number of nitrogens with zero attached hydrogens (tertiary/aromatic N) is 1. The van der Waals surface area contributed by atoms with Gasteiger partial charge in [-0.2, -0.15) is 4.98 Å². The molecule has 1 rings (SSSR count). The van der Waals surface area contributed by atoms with Gasteiger partial charge in [0.15, 0.2) is 0 Å². The van der Waals surface area contributed by atoms with Gasteiger partial charge in [0.1, 0.15) is 5.82 Å². The largest absolute Gasteiger partial charge is 0.403 e. The highest BCUT2D eigenvalue weighted by atomic mass is 16.5. The van der Waals surface area contributed by atoms with Gasteiger partial charge >= 0.3 is 5.97 Å². The molecule has 0 radical (unpaired) electrons. The van der Waals surface area contributed by atoms with Crippen molar-refractivity contribution in [3.05, 3.63) is 49.5 Å². The van der Waals surface area contributed by atoms with Gasteiger partial charge in [-0.25, -0.2) is 4.79 Å². The molecule has 0 saturated heterocycles. The molecule has 4 nitrogen and oxygen atoms in total. The molecule has 1 unspecified atom stereocenters. The van der Waals surface area contributed by atoms with Crippen molar-refractivity contribution in [1.82, 2.24) is 9.97 Å². The molecule has 1 aromatic rings. The van der Waals surface area contributed by atoms with Crippen LogP contribution in [0.5, 0.6) is 5.88 Å². The van der Waals surface area contributed by atoms with E-state index in [0.29, 0.717) is 0 Å². The molecule has 0 aliphatic rings. The Labute approximate surface area is 101 Å². The number of nitrogens with one attached hydrogen (secondary N) is 1. The zero-order valence-corrected chi connectivity index (χ0v) is 9.85. The van der Waals surface area contributed by atoms with E-state index in [-0.39, 0.29) is 11.8 Å². The number of ether oxygens (including phenoxy) is 1. The van der Waals surface area contributed by atoms with Crippen molar-refractivity contribution in [3.63, 3.8) is 0 Å². The Hall–Kier alpha value is -2.10. The summed E-state index contributed by atoms with van der Waals surface area (Å²) >= 11 is 0. The Morgan fingerprint density at radius 1 is 1.65 bits per heavy atom. The number of carbonyl (C=O) groups is 1. The molecular weight excluding hydrogens is 216 g/mol. The van der Waals surface area contributed by atoms with E-state index >= 15 is 0 Å². The van der Waals surface area contributed by atoms with Gasteiger partial charge < -0.3 is 9.72 Å². The summed E-state index contributed by atoms with van der Waals surface area (Å²) < 4.78 is 4.90. The lowest BCUT2D eigenvalue weighted by atomic mass is 10.0. The van der Waals surface area contributed by atoms with Crippen LogP contribution in [-0.4, -0.2) is 15.9 Å². The molecule has 0 spiro atoms. The van der Waals surface area contributed by atoms with Gasteiger partial charge in [0.25, 0.3) is 0 Å². The minimum absolute atomic E-state index is 0.119. The van der Waals surface area contributed by atoms with Gasteiger partial charge in [-0.3, -0.25) is 0 Å². The van der Waals surface area contributed by atoms with Crippen molar-refractivity contribution in [2.75, 3.05) is 0 Å². The van der Waals surface area contributed by atoms with Gasteiger partial charge in [0.05, 0.1) is 6.20 Å². The normalized spacial score (nSPS) is 12.3. The van der Waals surface area contributed by atoms with Crippen LogP contribution in [0.3, 0.4) is 0 Å². The zero-order chi connectivity index (χ0) is 12.7. The Balaban J connectivity index is 2.80. The summed E-state index contributed by atoms with van der Waals surface area (Å²) in [6.07, 6.45) is 9.21. The van der Waals surface area contributed by atoms with Crippen molar-refractivity contribution in [2.24, 2.45) is 0 Å². The number of imidazole rings is 1. The summed E-state index contributed by atoms with van der Waals surface area (Å²) in [7, 11) is 0. The van der Waals surface area contributed by atoms with Crippen molar-refractivity contribution in [3.8, 4) is 5.88 Å². The molecule has 0 fully saturated rings. The Kier molecular flexibility index (Phi) is 4.94. The van der Waals surface area contributed by atoms with Crippen molar-refractivity contribution in [1.29, 1.82) is 0 Å². The second kappa shape index (κ2) is 6.48.